The molecule has 1 aliphatic rings. The number of nitrogens with zero attached hydrogens (tertiary/aromatic N) is 1. The second kappa shape index (κ2) is 13.0. The van der Waals surface area contributed by atoms with Crippen molar-refractivity contribution >= 4 is 29.5 Å². The van der Waals surface area contributed by atoms with Gasteiger partial charge >= 0.3 is 0 Å². The van der Waals surface area contributed by atoms with Crippen LogP contribution in [0.25, 0.3) is 0 Å². The van der Waals surface area contributed by atoms with E-state index in [9.17, 15) is 39.3 Å². The molecule has 0 aliphatic carbocycles. The van der Waals surface area contributed by atoms with Crippen LogP contribution in [0.1, 0.15) is 39.2 Å². The molecule has 37 heavy (non-hydrogen) atoms. The third-order valence-electron chi connectivity index (χ3n) is 6.05. The van der Waals surface area contributed by atoms with Gasteiger partial charge in [0.25, 0.3) is 0 Å². The maximum absolute atomic E-state index is 13.4. The molecule has 1 saturated heterocycles. The van der Waals surface area contributed by atoms with Crippen LogP contribution in [0.15, 0.2) is 24.3 Å². The Hall–Kier alpha value is -3.71. The molecule has 1 aliphatic heterocycles. The number of benzene rings is 1. The predicted octanol–water partition coefficient (Wildman–Crippen LogP) is -2.35. The third-order valence-corrected chi connectivity index (χ3v) is 6.05. The average Bonchev–Trinajstić information content (AvgIpc) is 3.20. The van der Waals surface area contributed by atoms with E-state index in [0.29, 0.717) is 5.56 Å². The number of β-amino-alcohol motifs (C(OH)–C–C–N with tert-alkyl or cyclic N) is 1. The van der Waals surface area contributed by atoms with Gasteiger partial charge in [0.15, 0.2) is 0 Å². The summed E-state index contributed by atoms with van der Waals surface area (Å²) in [5.74, 6) is -3.48. The molecule has 13 heteroatoms. The summed E-state index contributed by atoms with van der Waals surface area (Å²) in [5.41, 5.74) is 5.87. The van der Waals surface area contributed by atoms with Crippen molar-refractivity contribution in [2.45, 2.75) is 76.4 Å². The van der Waals surface area contributed by atoms with E-state index in [2.05, 4.69) is 16.0 Å². The SMILES string of the molecule is CC(=O)N[C@H](Cc1ccc(O)cc1)C(=O)N1C[C@H](O)C[C@H]1C(=O)N[C@@H](CC(N)=O)C(=O)N[C@H](C)[C@@H](C)O. The highest BCUT2D eigenvalue weighted by Gasteiger charge is 2.42. The number of primary amides is 1. The Labute approximate surface area is 214 Å². The highest BCUT2D eigenvalue weighted by molar-refractivity contribution is 5.96. The van der Waals surface area contributed by atoms with Gasteiger partial charge in [-0.15, -0.1) is 0 Å². The van der Waals surface area contributed by atoms with Crippen LogP contribution in [0.3, 0.4) is 0 Å². The molecule has 0 radical (unpaired) electrons. The second-order valence-corrected chi connectivity index (χ2v) is 9.29. The molecule has 2 rings (SSSR count). The van der Waals surface area contributed by atoms with Crippen molar-refractivity contribution in [3.63, 3.8) is 0 Å². The molecule has 0 saturated carbocycles. The fraction of sp³-hybridized carbons (Fsp3) is 0.542. The van der Waals surface area contributed by atoms with E-state index >= 15 is 0 Å². The number of rotatable bonds is 11. The topological polar surface area (TPSA) is 211 Å². The molecule has 0 unspecified atom stereocenters. The number of hydrogen-bond acceptors (Lipinski definition) is 8. The summed E-state index contributed by atoms with van der Waals surface area (Å²) in [6.45, 7) is 4.05. The summed E-state index contributed by atoms with van der Waals surface area (Å²) in [6, 6.07) is 1.73. The molecule has 8 N–H and O–H groups in total. The van der Waals surface area contributed by atoms with Gasteiger partial charge in [-0.3, -0.25) is 24.0 Å². The van der Waals surface area contributed by atoms with Crippen molar-refractivity contribution in [3.8, 4) is 5.75 Å². The fourth-order valence-corrected chi connectivity index (χ4v) is 3.94. The van der Waals surface area contributed by atoms with E-state index in [0.717, 1.165) is 4.90 Å². The van der Waals surface area contributed by atoms with E-state index in [1.807, 2.05) is 0 Å². The quantitative estimate of drug-likeness (QED) is 0.167. The summed E-state index contributed by atoms with van der Waals surface area (Å²) < 4.78 is 0. The van der Waals surface area contributed by atoms with E-state index in [1.165, 1.54) is 32.9 Å². The van der Waals surface area contributed by atoms with Crippen LogP contribution in [-0.2, 0) is 30.4 Å². The van der Waals surface area contributed by atoms with Gasteiger partial charge in [0.05, 0.1) is 24.7 Å². The zero-order chi connectivity index (χ0) is 27.9. The number of nitrogens with one attached hydrogen (secondary N) is 3. The molecular formula is C24H35N5O8. The van der Waals surface area contributed by atoms with Crippen LogP contribution in [0, 0.1) is 0 Å². The number of carbonyl (C=O) groups excluding carboxylic acids is 5. The van der Waals surface area contributed by atoms with Gasteiger partial charge in [-0.2, -0.15) is 0 Å². The number of likely N-dealkylation sites (tertiary alicyclic amines) is 1. The zero-order valence-corrected chi connectivity index (χ0v) is 21.0. The lowest BCUT2D eigenvalue weighted by atomic mass is 10.0. The molecule has 13 nitrogen and oxygen atoms in total. The van der Waals surface area contributed by atoms with Gasteiger partial charge < -0.3 is 41.9 Å². The first-order valence-electron chi connectivity index (χ1n) is 11.9. The molecule has 0 bridgehead atoms. The predicted molar refractivity (Wildman–Crippen MR) is 131 cm³/mol. The highest BCUT2D eigenvalue weighted by Crippen LogP contribution is 2.21. The second-order valence-electron chi connectivity index (χ2n) is 9.29. The van der Waals surface area contributed by atoms with Gasteiger partial charge in [0, 0.05) is 26.3 Å². The minimum atomic E-state index is -1.37. The third kappa shape index (κ3) is 8.72. The van der Waals surface area contributed by atoms with Crippen molar-refractivity contribution in [2.75, 3.05) is 6.54 Å². The summed E-state index contributed by atoms with van der Waals surface area (Å²) in [7, 11) is 0. The molecule has 0 spiro atoms. The van der Waals surface area contributed by atoms with Crippen LogP contribution in [0.2, 0.25) is 0 Å². The number of hydrogen-bond donors (Lipinski definition) is 7. The fourth-order valence-electron chi connectivity index (χ4n) is 3.94. The maximum Gasteiger partial charge on any atom is 0.246 e. The largest absolute Gasteiger partial charge is 0.508 e. The lowest BCUT2D eigenvalue weighted by molar-refractivity contribution is -0.142. The van der Waals surface area contributed by atoms with Gasteiger partial charge in [-0.1, -0.05) is 12.1 Å². The highest BCUT2D eigenvalue weighted by atomic mass is 16.3. The van der Waals surface area contributed by atoms with Crippen LogP contribution < -0.4 is 21.7 Å². The minimum Gasteiger partial charge on any atom is -0.508 e. The lowest BCUT2D eigenvalue weighted by Crippen LogP contribution is -2.58. The molecule has 0 aromatic heterocycles. The van der Waals surface area contributed by atoms with Gasteiger partial charge in [-0.05, 0) is 31.5 Å². The Morgan fingerprint density at radius 3 is 2.22 bits per heavy atom. The number of carbonyl (C=O) groups is 5. The smallest absolute Gasteiger partial charge is 0.246 e. The Bertz CT molecular complexity index is 999. The average molecular weight is 522 g/mol. The summed E-state index contributed by atoms with van der Waals surface area (Å²) >= 11 is 0. The molecule has 1 aromatic rings. The molecule has 1 heterocycles. The number of phenols is 1. The van der Waals surface area contributed by atoms with Gasteiger partial charge in [0.2, 0.25) is 29.5 Å². The van der Waals surface area contributed by atoms with Crippen molar-refractivity contribution in [1.82, 2.24) is 20.9 Å². The Morgan fingerprint density at radius 2 is 1.68 bits per heavy atom. The Morgan fingerprint density at radius 1 is 1.05 bits per heavy atom. The van der Waals surface area contributed by atoms with Crippen LogP contribution in [0.4, 0.5) is 0 Å². The standard InChI is InChI=1S/C24H35N5O8/c1-12(13(2)30)26-22(35)18(10-21(25)34)28-23(36)20-9-17(33)11-29(20)24(37)19(27-14(3)31)8-15-4-6-16(32)7-5-15/h4-7,12-13,17-20,30,32-33H,8-11H2,1-3H3,(H2,25,34)(H,26,35)(H,27,31)(H,28,36)/t12-,13-,17-,18+,19-,20+/m1/s1. The molecule has 5 amide bonds. The normalized spacial score (nSPS) is 20.3. The number of amides is 5. The monoisotopic (exact) mass is 521 g/mol. The first-order valence-corrected chi connectivity index (χ1v) is 11.9. The van der Waals surface area contributed by atoms with Gasteiger partial charge in [-0.25, -0.2) is 0 Å². The molecular weight excluding hydrogens is 486 g/mol. The number of aliphatic hydroxyl groups is 2. The number of nitrogens with two attached hydrogens (primary N) is 1. The van der Waals surface area contributed by atoms with Crippen LogP contribution in [-0.4, -0.2) is 92.7 Å². The summed E-state index contributed by atoms with van der Waals surface area (Å²) in [6.07, 6.45) is -2.53. The molecule has 6 atom stereocenters. The van der Waals surface area contributed by atoms with E-state index in [4.69, 9.17) is 5.73 Å². The number of phenolic OH excluding ortho intramolecular Hbond substituents is 1. The molecule has 204 valence electrons. The first-order chi connectivity index (χ1) is 17.3. The van der Waals surface area contributed by atoms with Gasteiger partial charge in [0.1, 0.15) is 23.9 Å². The van der Waals surface area contributed by atoms with E-state index in [-0.39, 0.29) is 25.1 Å². The number of aromatic hydroxyl groups is 1. The molecule has 1 fully saturated rings. The van der Waals surface area contributed by atoms with Crippen molar-refractivity contribution < 1.29 is 39.3 Å². The Kier molecular flexibility index (Phi) is 10.4. The van der Waals surface area contributed by atoms with Crippen LogP contribution >= 0.6 is 0 Å². The zero-order valence-electron chi connectivity index (χ0n) is 21.0. The minimum absolute atomic E-state index is 0.0305. The molecule has 1 aromatic carbocycles. The summed E-state index contributed by atoms with van der Waals surface area (Å²) in [4.78, 5) is 63.7. The summed E-state index contributed by atoms with van der Waals surface area (Å²) in [5, 5.41) is 36.9. The Balaban J connectivity index is 2.22. The van der Waals surface area contributed by atoms with Crippen LogP contribution in [0.5, 0.6) is 5.75 Å². The maximum atomic E-state index is 13.4. The van der Waals surface area contributed by atoms with Crippen molar-refractivity contribution in [3.05, 3.63) is 29.8 Å². The van der Waals surface area contributed by atoms with E-state index < -0.39 is 72.3 Å². The van der Waals surface area contributed by atoms with Crippen molar-refractivity contribution in [2.24, 2.45) is 5.73 Å². The first kappa shape index (κ1) is 29.5. The lowest BCUT2D eigenvalue weighted by Gasteiger charge is -2.29. The van der Waals surface area contributed by atoms with Crippen molar-refractivity contribution in [1.29, 1.82) is 0 Å². The number of aliphatic hydroxyl groups excluding tert-OH is 2. The van der Waals surface area contributed by atoms with E-state index in [1.54, 1.807) is 12.1 Å².